The number of thioether (sulfide) groups is 2. The SMILES string of the molecule is C[C@@H]1C[C@H]2C3CCC4=CC(=O)C=C[C@]4(C)[C@@]3(F)[C@@H](O)C[C@@]23O[C@]13C(=O)NCCSCCCCCCCCSCC[C@H](NC(=O)c1ccc(N(C)Cc2cnc3nc(N)nc(N)c3n2)cc1)C(=O)O. The third-order valence-electron chi connectivity index (χ3n) is 15.2. The van der Waals surface area contributed by atoms with Gasteiger partial charge in [-0.2, -0.15) is 33.5 Å². The van der Waals surface area contributed by atoms with Crippen LogP contribution in [0.15, 0.2) is 54.3 Å². The lowest BCUT2D eigenvalue weighted by molar-refractivity contribution is -0.179. The summed E-state index contributed by atoms with van der Waals surface area (Å²) in [6.45, 7) is 4.74. The van der Waals surface area contributed by atoms with Crippen molar-refractivity contribution in [3.8, 4) is 0 Å². The number of nitrogens with zero attached hydrogens (tertiary/aromatic N) is 5. The molecule has 16 nitrogen and oxygen atoms in total. The summed E-state index contributed by atoms with van der Waals surface area (Å²) in [5.41, 5.74) is 9.96. The van der Waals surface area contributed by atoms with E-state index in [1.54, 1.807) is 61.3 Å². The highest BCUT2D eigenvalue weighted by Gasteiger charge is 2.88. The highest BCUT2D eigenvalue weighted by atomic mass is 32.2. The summed E-state index contributed by atoms with van der Waals surface area (Å²) in [6, 6.07) is 5.90. The number of halogens is 1. The van der Waals surface area contributed by atoms with Gasteiger partial charge in [-0.25, -0.2) is 19.2 Å². The van der Waals surface area contributed by atoms with E-state index in [4.69, 9.17) is 16.2 Å². The number of aliphatic hydroxyl groups excluding tert-OH is 1. The third-order valence-corrected chi connectivity index (χ3v) is 17.4. The van der Waals surface area contributed by atoms with E-state index in [9.17, 15) is 29.4 Å². The number of nitrogens with one attached hydrogen (secondary N) is 2. The van der Waals surface area contributed by atoms with Gasteiger partial charge >= 0.3 is 5.97 Å². The van der Waals surface area contributed by atoms with E-state index in [2.05, 4.69) is 30.6 Å². The summed E-state index contributed by atoms with van der Waals surface area (Å²) in [5, 5.41) is 27.1. The molecule has 4 aliphatic carbocycles. The quantitative estimate of drug-likeness (QED) is 0.0511. The summed E-state index contributed by atoms with van der Waals surface area (Å²) in [5.74, 6) is 0.996. The summed E-state index contributed by atoms with van der Waals surface area (Å²) in [7, 11) is 1.87. The van der Waals surface area contributed by atoms with Crippen molar-refractivity contribution in [2.24, 2.45) is 23.2 Å². The van der Waals surface area contributed by atoms with Crippen molar-refractivity contribution in [3.63, 3.8) is 0 Å². The predicted molar refractivity (Wildman–Crippen MR) is 263 cm³/mol. The number of fused-ring (bicyclic) bond motifs is 5. The molecular formula is C49H64FN9O7S2. The number of ether oxygens (including phenoxy) is 1. The number of carboxylic acid groups (broad SMARTS) is 1. The van der Waals surface area contributed by atoms with Crippen LogP contribution in [0.5, 0.6) is 0 Å². The van der Waals surface area contributed by atoms with Gasteiger partial charge in [0.05, 0.1) is 24.5 Å². The van der Waals surface area contributed by atoms with Crippen LogP contribution in [0.1, 0.15) is 101 Å². The van der Waals surface area contributed by atoms with Crippen molar-refractivity contribution >= 4 is 75.7 Å². The number of epoxide rings is 1. The number of hydrogen-bond donors (Lipinski definition) is 6. The smallest absolute Gasteiger partial charge is 0.326 e. The number of carboxylic acids is 1. The van der Waals surface area contributed by atoms with Gasteiger partial charge in [0.15, 0.2) is 34.0 Å². The van der Waals surface area contributed by atoms with Crippen LogP contribution in [-0.4, -0.2) is 119 Å². The lowest BCUT2D eigenvalue weighted by Crippen LogP contribution is -2.67. The van der Waals surface area contributed by atoms with E-state index >= 15 is 4.39 Å². The van der Waals surface area contributed by atoms with Crippen molar-refractivity contribution < 1.29 is 38.5 Å². The number of amides is 2. The van der Waals surface area contributed by atoms with Crippen molar-refractivity contribution in [2.75, 3.05) is 53.0 Å². The average molecular weight is 974 g/mol. The Morgan fingerprint density at radius 2 is 1.71 bits per heavy atom. The number of nitrogen functional groups attached to an aromatic ring is 2. The maximum Gasteiger partial charge on any atom is 0.326 e. The number of carbonyl (C=O) groups excluding carboxylic acids is 3. The fraction of sp³-hybridized carbons (Fsp3) is 0.592. The lowest BCUT2D eigenvalue weighted by atomic mass is 9.48. The van der Waals surface area contributed by atoms with Gasteiger partial charge in [0.2, 0.25) is 5.95 Å². The molecule has 3 saturated carbocycles. The van der Waals surface area contributed by atoms with E-state index in [0.717, 1.165) is 67.0 Å². The van der Waals surface area contributed by atoms with Gasteiger partial charge in [0.25, 0.3) is 11.8 Å². The molecule has 3 heterocycles. The standard InChI is InChI=1S/C49H64FN9O7S2/c1-29-24-36-35-15-12-31-25-34(60)16-18-46(31,2)48(35,50)38(61)26-47(36)49(29,66-47)44(65)53-19-23-68-21-9-7-5-4-6-8-20-67-22-17-37(43(63)64)56-42(62)30-10-13-33(14-11-30)59(3)28-32-27-54-41-39(55-32)40(51)57-45(52)58-41/h10-11,13-14,16,18,25,27,29,35-38,61H,4-9,12,15,17,19-24,26,28H2,1-3H3,(H,53,65)(H,56,62)(H,63,64)(H4,51,52,54,57,58)/t29-,35?,36+,37+,38+,46+,47-,48+,49+/m1/s1. The molecule has 68 heavy (non-hydrogen) atoms. The second kappa shape index (κ2) is 20.2. The van der Waals surface area contributed by atoms with E-state index in [1.165, 1.54) is 6.08 Å². The van der Waals surface area contributed by atoms with E-state index in [0.29, 0.717) is 66.9 Å². The van der Waals surface area contributed by atoms with Gasteiger partial charge in [-0.15, -0.1) is 0 Å². The Labute approximate surface area is 404 Å². The summed E-state index contributed by atoms with van der Waals surface area (Å²) in [4.78, 5) is 69.6. The van der Waals surface area contributed by atoms with Crippen molar-refractivity contribution in [3.05, 3.63) is 65.5 Å². The van der Waals surface area contributed by atoms with Crippen LogP contribution in [0.25, 0.3) is 11.2 Å². The van der Waals surface area contributed by atoms with Gasteiger partial charge in [0.1, 0.15) is 11.6 Å². The molecule has 1 unspecified atom stereocenters. The normalized spacial score (nSPS) is 29.2. The molecular weight excluding hydrogens is 910 g/mol. The summed E-state index contributed by atoms with van der Waals surface area (Å²) in [6.07, 6.45) is 13.8. The molecule has 1 aromatic carbocycles. The molecule has 1 saturated heterocycles. The minimum Gasteiger partial charge on any atom is -0.480 e. The summed E-state index contributed by atoms with van der Waals surface area (Å²) >= 11 is 3.52. The zero-order chi connectivity index (χ0) is 48.4. The third kappa shape index (κ3) is 9.31. The maximum absolute atomic E-state index is 17.4. The number of aliphatic carboxylic acids is 1. The first kappa shape index (κ1) is 49.6. The number of aliphatic hydroxyl groups is 1. The Balaban J connectivity index is 0.658. The fourth-order valence-corrected chi connectivity index (χ4v) is 13.5. The number of anilines is 3. The molecule has 9 atom stereocenters. The van der Waals surface area contributed by atoms with E-state index < -0.39 is 52.2 Å². The van der Waals surface area contributed by atoms with E-state index in [-0.39, 0.29) is 41.7 Å². The number of rotatable bonds is 22. The largest absolute Gasteiger partial charge is 0.480 e. The van der Waals surface area contributed by atoms with Gasteiger partial charge < -0.3 is 42.0 Å². The molecule has 2 amide bonds. The molecule has 8 N–H and O–H groups in total. The van der Waals surface area contributed by atoms with Crippen LogP contribution in [0.2, 0.25) is 0 Å². The number of nitrogens with two attached hydrogens (primary N) is 2. The minimum absolute atomic E-state index is 0.0259. The maximum atomic E-state index is 17.4. The predicted octanol–water partition coefficient (Wildman–Crippen LogP) is 5.84. The van der Waals surface area contributed by atoms with Crippen molar-refractivity contribution in [2.45, 2.75) is 120 Å². The molecule has 1 aliphatic heterocycles. The second-order valence-corrected chi connectivity index (χ2v) is 21.8. The van der Waals surface area contributed by atoms with Crippen LogP contribution in [-0.2, 0) is 25.7 Å². The van der Waals surface area contributed by atoms with Gasteiger partial charge in [0, 0.05) is 48.3 Å². The molecule has 4 fully saturated rings. The van der Waals surface area contributed by atoms with E-state index in [1.807, 2.05) is 30.6 Å². The van der Waals surface area contributed by atoms with Crippen LogP contribution in [0.3, 0.4) is 0 Å². The lowest BCUT2D eigenvalue weighted by Gasteiger charge is -2.59. The molecule has 2 aromatic heterocycles. The Morgan fingerprint density at radius 3 is 2.43 bits per heavy atom. The molecule has 366 valence electrons. The number of alkyl halides is 1. The van der Waals surface area contributed by atoms with Gasteiger partial charge in [-0.05, 0) is 111 Å². The first-order valence-corrected chi connectivity index (χ1v) is 26.2. The second-order valence-electron chi connectivity index (χ2n) is 19.4. The van der Waals surface area contributed by atoms with Crippen LogP contribution >= 0.6 is 23.5 Å². The Morgan fingerprint density at radius 1 is 1.00 bits per heavy atom. The fourth-order valence-electron chi connectivity index (χ4n) is 11.7. The van der Waals surface area contributed by atoms with Crippen LogP contribution < -0.4 is 27.0 Å². The number of unbranched alkanes of at least 4 members (excludes halogenated alkanes) is 5. The number of allylic oxidation sites excluding steroid dienone is 4. The number of hydrogen-bond acceptors (Lipinski definition) is 15. The molecule has 0 radical (unpaired) electrons. The number of ketones is 1. The van der Waals surface area contributed by atoms with Crippen molar-refractivity contribution in [1.82, 2.24) is 30.6 Å². The first-order valence-electron chi connectivity index (χ1n) is 23.9. The molecule has 8 rings (SSSR count). The topological polar surface area (TPSA) is 252 Å². The molecule has 3 aromatic rings. The number of carbonyl (C=O) groups is 4. The zero-order valence-electron chi connectivity index (χ0n) is 39.0. The average Bonchev–Trinajstić information content (AvgIpc) is 3.92. The highest BCUT2D eigenvalue weighted by Crippen LogP contribution is 2.76. The Kier molecular flexibility index (Phi) is 14.8. The zero-order valence-corrected chi connectivity index (χ0v) is 40.7. The van der Waals surface area contributed by atoms with Crippen molar-refractivity contribution in [1.29, 1.82) is 0 Å². The highest BCUT2D eigenvalue weighted by molar-refractivity contribution is 7.99. The Bertz CT molecular complexity index is 2470. The molecule has 5 aliphatic rings. The summed E-state index contributed by atoms with van der Waals surface area (Å²) < 4.78 is 23.8. The number of aromatic nitrogens is 4. The molecule has 19 heteroatoms. The van der Waals surface area contributed by atoms with Crippen LogP contribution in [0, 0.1) is 23.2 Å². The molecule has 1 spiro atoms. The van der Waals surface area contributed by atoms with Gasteiger partial charge in [-0.1, -0.05) is 44.3 Å². The Hall–Kier alpha value is -4.85. The van der Waals surface area contributed by atoms with Crippen LogP contribution in [0.4, 0.5) is 21.8 Å². The minimum atomic E-state index is -1.93. The number of benzene rings is 1. The first-order chi connectivity index (χ1) is 32.5. The molecule has 0 bridgehead atoms. The monoisotopic (exact) mass is 973 g/mol. The van der Waals surface area contributed by atoms with Gasteiger partial charge in [-0.3, -0.25) is 14.4 Å².